The highest BCUT2D eigenvalue weighted by molar-refractivity contribution is 7.97. The van der Waals surface area contributed by atoms with Gasteiger partial charge in [0.15, 0.2) is 14.7 Å². The van der Waals surface area contributed by atoms with E-state index in [1.165, 1.54) is 20.2 Å². The molecule has 0 radical (unpaired) electrons. The Morgan fingerprint density at radius 3 is 1.73 bits per heavy atom. The van der Waals surface area contributed by atoms with Crippen molar-refractivity contribution >= 4 is 17.1 Å². The van der Waals surface area contributed by atoms with E-state index in [0.717, 1.165) is 11.1 Å². The SMILES string of the molecule is Cc1cc([S+](c2ccccc2)c2ccc(C(C)(C)C)cc2)cc(C)c1OC(=O)OC(C)(C)C. The number of aryl methyl sites for hydroxylation is 2. The van der Waals surface area contributed by atoms with Crippen molar-refractivity contribution in [3.63, 3.8) is 0 Å². The van der Waals surface area contributed by atoms with Gasteiger partial charge in [-0.15, -0.1) is 0 Å². The van der Waals surface area contributed by atoms with Crippen molar-refractivity contribution in [2.24, 2.45) is 0 Å². The molecule has 0 heterocycles. The van der Waals surface area contributed by atoms with Gasteiger partial charge in [-0.05, 0) is 81.0 Å². The molecule has 0 saturated heterocycles. The van der Waals surface area contributed by atoms with Crippen molar-refractivity contribution in [1.82, 2.24) is 0 Å². The lowest BCUT2D eigenvalue weighted by atomic mass is 9.87. The van der Waals surface area contributed by atoms with Gasteiger partial charge in [-0.2, -0.15) is 0 Å². The molecule has 1 unspecified atom stereocenters. The van der Waals surface area contributed by atoms with E-state index in [-0.39, 0.29) is 16.3 Å². The lowest BCUT2D eigenvalue weighted by Crippen LogP contribution is -2.26. The van der Waals surface area contributed by atoms with Gasteiger partial charge in [0.1, 0.15) is 11.4 Å². The number of carbonyl (C=O) groups is 1. The summed E-state index contributed by atoms with van der Waals surface area (Å²) in [5, 5.41) is 0. The van der Waals surface area contributed by atoms with Gasteiger partial charge in [-0.3, -0.25) is 0 Å². The first-order valence-electron chi connectivity index (χ1n) is 11.3. The van der Waals surface area contributed by atoms with Gasteiger partial charge in [0.25, 0.3) is 0 Å². The molecule has 0 amide bonds. The van der Waals surface area contributed by atoms with E-state index in [9.17, 15) is 4.79 Å². The molecule has 0 aliphatic rings. The molecule has 0 N–H and O–H groups in total. The molecule has 1 atom stereocenters. The number of ether oxygens (including phenoxy) is 2. The molecule has 0 saturated carbocycles. The summed E-state index contributed by atoms with van der Waals surface area (Å²) < 4.78 is 10.9. The Morgan fingerprint density at radius 2 is 1.24 bits per heavy atom. The second kappa shape index (κ2) is 9.64. The van der Waals surface area contributed by atoms with E-state index < -0.39 is 11.8 Å². The third-order valence-electron chi connectivity index (χ3n) is 5.18. The Kier molecular flexibility index (Phi) is 7.28. The standard InChI is InChI=1S/C29H35O3S/c1-20-18-25(19-21(2)26(20)31-27(30)32-29(6,7)8)33(23-12-10-9-11-13-23)24-16-14-22(15-17-24)28(3,4)5/h9-19H,1-8H3/q+1. The highest BCUT2D eigenvalue weighted by atomic mass is 32.2. The Bertz CT molecular complexity index is 1080. The van der Waals surface area contributed by atoms with Crippen LogP contribution in [0.25, 0.3) is 0 Å². The molecule has 3 rings (SSSR count). The first-order chi connectivity index (χ1) is 15.3. The Labute approximate surface area is 201 Å². The van der Waals surface area contributed by atoms with E-state index in [1.54, 1.807) is 0 Å². The first-order valence-corrected chi connectivity index (χ1v) is 12.5. The summed E-state index contributed by atoms with van der Waals surface area (Å²) in [4.78, 5) is 16.0. The van der Waals surface area contributed by atoms with Crippen molar-refractivity contribution in [2.75, 3.05) is 0 Å². The zero-order chi connectivity index (χ0) is 24.4. The maximum absolute atomic E-state index is 12.3. The number of hydrogen-bond acceptors (Lipinski definition) is 3. The van der Waals surface area contributed by atoms with Crippen molar-refractivity contribution in [3.8, 4) is 5.75 Å². The minimum absolute atomic E-state index is 0.109. The minimum atomic E-state index is -0.679. The molecule has 3 aromatic rings. The molecule has 33 heavy (non-hydrogen) atoms. The lowest BCUT2D eigenvalue weighted by molar-refractivity contribution is 0.0203. The molecule has 174 valence electrons. The van der Waals surface area contributed by atoms with Crippen LogP contribution in [0.3, 0.4) is 0 Å². The van der Waals surface area contributed by atoms with Crippen LogP contribution in [0.1, 0.15) is 58.2 Å². The fourth-order valence-corrected chi connectivity index (χ4v) is 5.84. The maximum atomic E-state index is 12.3. The smallest absolute Gasteiger partial charge is 0.428 e. The summed E-state index contributed by atoms with van der Waals surface area (Å²) in [6.07, 6.45) is -0.679. The van der Waals surface area contributed by atoms with Crippen molar-refractivity contribution in [3.05, 3.63) is 83.4 Å². The predicted octanol–water partition coefficient (Wildman–Crippen LogP) is 8.01. The molecule has 0 spiro atoms. The molecule has 0 aliphatic carbocycles. The number of carbonyl (C=O) groups excluding carboxylic acids is 1. The van der Waals surface area contributed by atoms with Gasteiger partial charge in [-0.1, -0.05) is 51.1 Å². The van der Waals surface area contributed by atoms with E-state index in [1.807, 2.05) is 40.7 Å². The van der Waals surface area contributed by atoms with Gasteiger partial charge < -0.3 is 9.47 Å². The topological polar surface area (TPSA) is 35.5 Å². The average Bonchev–Trinajstić information content (AvgIpc) is 2.70. The summed E-state index contributed by atoms with van der Waals surface area (Å²) >= 11 is 0. The average molecular weight is 464 g/mol. The Morgan fingerprint density at radius 1 is 0.727 bits per heavy atom. The maximum Gasteiger partial charge on any atom is 0.514 e. The Balaban J connectivity index is 2.02. The minimum Gasteiger partial charge on any atom is -0.428 e. The third kappa shape index (κ3) is 6.42. The van der Waals surface area contributed by atoms with E-state index in [0.29, 0.717) is 5.75 Å². The zero-order valence-electron chi connectivity index (χ0n) is 21.0. The molecule has 4 heteroatoms. The van der Waals surface area contributed by atoms with Crippen molar-refractivity contribution in [2.45, 2.75) is 81.1 Å². The van der Waals surface area contributed by atoms with Gasteiger partial charge in [0.2, 0.25) is 0 Å². The quantitative estimate of drug-likeness (QED) is 0.223. The second-order valence-corrected chi connectivity index (χ2v) is 12.4. The monoisotopic (exact) mass is 463 g/mol. The summed E-state index contributed by atoms with van der Waals surface area (Å²) in [5.41, 5.74) is 2.65. The number of rotatable bonds is 4. The highest BCUT2D eigenvalue weighted by Crippen LogP contribution is 2.36. The fourth-order valence-electron chi connectivity index (χ4n) is 3.60. The molecule has 0 aliphatic heterocycles. The van der Waals surface area contributed by atoms with Crippen LogP contribution in [-0.2, 0) is 21.0 Å². The molecule has 3 nitrogen and oxygen atoms in total. The molecular formula is C29H35O3S+. The van der Waals surface area contributed by atoms with Gasteiger partial charge >= 0.3 is 6.16 Å². The zero-order valence-corrected chi connectivity index (χ0v) is 21.8. The predicted molar refractivity (Wildman–Crippen MR) is 137 cm³/mol. The van der Waals surface area contributed by atoms with Gasteiger partial charge in [0.05, 0.1) is 10.9 Å². The van der Waals surface area contributed by atoms with Crippen LogP contribution in [0.4, 0.5) is 4.79 Å². The van der Waals surface area contributed by atoms with Crippen LogP contribution in [0.15, 0.2) is 81.4 Å². The number of benzene rings is 3. The van der Waals surface area contributed by atoms with Gasteiger partial charge in [-0.25, -0.2) is 4.79 Å². The second-order valence-electron chi connectivity index (χ2n) is 10.3. The molecular weight excluding hydrogens is 428 g/mol. The van der Waals surface area contributed by atoms with Crippen LogP contribution in [0, 0.1) is 13.8 Å². The number of hydrogen-bond donors (Lipinski definition) is 0. The fraction of sp³-hybridized carbons (Fsp3) is 0.345. The first kappa shape index (κ1) is 24.9. The molecule has 0 fully saturated rings. The Hall–Kier alpha value is -2.72. The van der Waals surface area contributed by atoms with Crippen LogP contribution in [-0.4, -0.2) is 11.8 Å². The van der Waals surface area contributed by atoms with Crippen LogP contribution in [0.2, 0.25) is 0 Å². The van der Waals surface area contributed by atoms with E-state index in [4.69, 9.17) is 9.47 Å². The molecule has 0 bridgehead atoms. The van der Waals surface area contributed by atoms with E-state index in [2.05, 4.69) is 81.4 Å². The summed E-state index contributed by atoms with van der Waals surface area (Å²) in [6.45, 7) is 16.1. The van der Waals surface area contributed by atoms with Crippen molar-refractivity contribution in [1.29, 1.82) is 0 Å². The summed E-state index contributed by atoms with van der Waals surface area (Å²) in [7, 11) is -0.279. The van der Waals surface area contributed by atoms with Crippen LogP contribution in [0.5, 0.6) is 5.75 Å². The largest absolute Gasteiger partial charge is 0.514 e. The van der Waals surface area contributed by atoms with Crippen LogP contribution >= 0.6 is 0 Å². The van der Waals surface area contributed by atoms with Gasteiger partial charge in [0, 0.05) is 12.1 Å². The molecule has 0 aromatic heterocycles. The van der Waals surface area contributed by atoms with Crippen molar-refractivity contribution < 1.29 is 14.3 Å². The lowest BCUT2D eigenvalue weighted by Gasteiger charge is -2.20. The summed E-state index contributed by atoms with van der Waals surface area (Å²) in [5.74, 6) is 0.563. The normalized spacial score (nSPS) is 12.8. The van der Waals surface area contributed by atoms with E-state index >= 15 is 0 Å². The summed E-state index contributed by atoms with van der Waals surface area (Å²) in [6, 6.07) is 23.8. The highest BCUT2D eigenvalue weighted by Gasteiger charge is 2.31. The third-order valence-corrected chi connectivity index (χ3v) is 7.37. The van der Waals surface area contributed by atoms with Crippen LogP contribution < -0.4 is 4.74 Å². The molecule has 3 aromatic carbocycles.